The minimum atomic E-state index is -3.52. The zero-order chi connectivity index (χ0) is 13.2. The van der Waals surface area contributed by atoms with Crippen molar-refractivity contribution in [3.8, 4) is 5.75 Å². The van der Waals surface area contributed by atoms with Crippen molar-refractivity contribution >= 4 is 19.7 Å². The molecule has 100 valence electrons. The van der Waals surface area contributed by atoms with Gasteiger partial charge in [0.15, 0.2) is 0 Å². The van der Waals surface area contributed by atoms with Gasteiger partial charge < -0.3 is 4.74 Å². The molecule has 1 aromatic rings. The van der Waals surface area contributed by atoms with E-state index < -0.39 is 9.05 Å². The maximum atomic E-state index is 11.5. The molecule has 0 atom stereocenters. The average molecular weight is 289 g/mol. The van der Waals surface area contributed by atoms with Crippen molar-refractivity contribution in [1.29, 1.82) is 0 Å². The normalized spacial score (nSPS) is 18.8. The van der Waals surface area contributed by atoms with E-state index in [1.165, 1.54) is 0 Å². The Kier molecular flexibility index (Phi) is 3.87. The van der Waals surface area contributed by atoms with Crippen LogP contribution in [0.25, 0.3) is 0 Å². The van der Waals surface area contributed by atoms with Crippen molar-refractivity contribution in [1.82, 2.24) is 0 Å². The Morgan fingerprint density at radius 2 is 1.89 bits per heavy atom. The molecule has 0 N–H and O–H groups in total. The summed E-state index contributed by atoms with van der Waals surface area (Å²) >= 11 is 0. The van der Waals surface area contributed by atoms with Crippen LogP contribution in [0.5, 0.6) is 5.75 Å². The maximum absolute atomic E-state index is 11.5. The quantitative estimate of drug-likeness (QED) is 0.800. The van der Waals surface area contributed by atoms with Gasteiger partial charge in [0.2, 0.25) is 9.05 Å². The van der Waals surface area contributed by atoms with Crippen LogP contribution in [0.15, 0.2) is 24.3 Å². The molecule has 5 heteroatoms. The summed E-state index contributed by atoms with van der Waals surface area (Å²) in [5.74, 6) is 0.738. The van der Waals surface area contributed by atoms with Crippen LogP contribution in [0, 0.1) is 0 Å². The fourth-order valence-electron chi connectivity index (χ4n) is 2.96. The molecule has 0 bridgehead atoms. The van der Waals surface area contributed by atoms with Gasteiger partial charge >= 0.3 is 0 Å². The summed E-state index contributed by atoms with van der Waals surface area (Å²) in [6.07, 6.45) is 3.76. The average Bonchev–Trinajstić information content (AvgIpc) is 2.76. The van der Waals surface area contributed by atoms with Gasteiger partial charge in [-0.3, -0.25) is 0 Å². The lowest BCUT2D eigenvalue weighted by Gasteiger charge is -2.29. The van der Waals surface area contributed by atoms with Gasteiger partial charge in [-0.25, -0.2) is 8.42 Å². The highest BCUT2D eigenvalue weighted by Gasteiger charge is 2.41. The molecule has 1 aromatic carbocycles. The minimum absolute atomic E-state index is 0.0120. The van der Waals surface area contributed by atoms with Crippen LogP contribution in [0.3, 0.4) is 0 Å². The van der Waals surface area contributed by atoms with Crippen molar-refractivity contribution < 1.29 is 13.2 Å². The molecule has 0 spiro atoms. The van der Waals surface area contributed by atoms with E-state index in [2.05, 4.69) is 0 Å². The van der Waals surface area contributed by atoms with Gasteiger partial charge in [-0.1, -0.05) is 31.0 Å². The van der Waals surface area contributed by atoms with E-state index in [9.17, 15) is 8.42 Å². The largest absolute Gasteiger partial charge is 0.496 e. The van der Waals surface area contributed by atoms with Gasteiger partial charge in [-0.15, -0.1) is 0 Å². The van der Waals surface area contributed by atoms with E-state index in [-0.39, 0.29) is 11.2 Å². The van der Waals surface area contributed by atoms with E-state index in [0.29, 0.717) is 0 Å². The van der Waals surface area contributed by atoms with E-state index >= 15 is 0 Å². The fraction of sp³-hybridized carbons (Fsp3) is 0.538. The summed E-state index contributed by atoms with van der Waals surface area (Å²) < 4.78 is 28.3. The highest BCUT2D eigenvalue weighted by molar-refractivity contribution is 8.13. The van der Waals surface area contributed by atoms with Gasteiger partial charge in [-0.05, 0) is 18.9 Å². The van der Waals surface area contributed by atoms with Gasteiger partial charge in [0.25, 0.3) is 0 Å². The van der Waals surface area contributed by atoms with Crippen molar-refractivity contribution in [2.24, 2.45) is 0 Å². The SMILES string of the molecule is COc1ccccc1C1(CS(=O)(=O)Cl)CCCC1. The van der Waals surface area contributed by atoms with Crippen LogP contribution in [-0.2, 0) is 14.5 Å². The smallest absolute Gasteiger partial charge is 0.233 e. The Balaban J connectivity index is 2.47. The summed E-state index contributed by atoms with van der Waals surface area (Å²) in [6.45, 7) is 0. The first kappa shape index (κ1) is 13.7. The van der Waals surface area contributed by atoms with E-state index in [4.69, 9.17) is 15.4 Å². The first-order chi connectivity index (χ1) is 8.47. The van der Waals surface area contributed by atoms with Crippen LogP contribution in [0.4, 0.5) is 0 Å². The van der Waals surface area contributed by atoms with Crippen LogP contribution >= 0.6 is 10.7 Å². The first-order valence-corrected chi connectivity index (χ1v) is 8.51. The van der Waals surface area contributed by atoms with Crippen LogP contribution in [0.2, 0.25) is 0 Å². The fourth-order valence-corrected chi connectivity index (χ4v) is 4.69. The third-order valence-corrected chi connectivity index (χ3v) is 4.91. The van der Waals surface area contributed by atoms with Gasteiger partial charge in [-0.2, -0.15) is 0 Å². The maximum Gasteiger partial charge on any atom is 0.233 e. The molecule has 0 aromatic heterocycles. The molecule has 0 amide bonds. The molecule has 3 nitrogen and oxygen atoms in total. The third kappa shape index (κ3) is 2.81. The zero-order valence-electron chi connectivity index (χ0n) is 10.4. The van der Waals surface area contributed by atoms with E-state index in [1.54, 1.807) is 7.11 Å². The molecule has 1 saturated carbocycles. The van der Waals surface area contributed by atoms with Gasteiger partial charge in [0, 0.05) is 21.7 Å². The Morgan fingerprint density at radius 3 is 2.44 bits per heavy atom. The molecule has 1 fully saturated rings. The standard InChI is InChI=1S/C13H17ClO3S/c1-17-12-7-3-2-6-11(12)13(8-4-5-9-13)10-18(14,15)16/h2-3,6-7H,4-5,8-10H2,1H3. The molecule has 0 radical (unpaired) electrons. The number of benzene rings is 1. The molecule has 18 heavy (non-hydrogen) atoms. The predicted molar refractivity (Wildman–Crippen MR) is 72.8 cm³/mol. The molecule has 0 heterocycles. The molecular weight excluding hydrogens is 272 g/mol. The van der Waals surface area contributed by atoms with Gasteiger partial charge in [0.1, 0.15) is 5.75 Å². The second-order valence-corrected chi connectivity index (χ2v) is 7.65. The molecule has 1 aliphatic rings. The summed E-state index contributed by atoms with van der Waals surface area (Å²) in [7, 11) is 3.56. The lowest BCUT2D eigenvalue weighted by atomic mass is 9.80. The number of ether oxygens (including phenoxy) is 1. The van der Waals surface area contributed by atoms with E-state index in [1.807, 2.05) is 24.3 Å². The number of methoxy groups -OCH3 is 1. The minimum Gasteiger partial charge on any atom is -0.496 e. The second-order valence-electron chi connectivity index (χ2n) is 4.87. The summed E-state index contributed by atoms with van der Waals surface area (Å²) in [4.78, 5) is 0. The molecule has 0 saturated heterocycles. The number of hydrogen-bond donors (Lipinski definition) is 0. The zero-order valence-corrected chi connectivity index (χ0v) is 11.9. The summed E-state index contributed by atoms with van der Waals surface area (Å²) in [5.41, 5.74) is 0.585. The lowest BCUT2D eigenvalue weighted by molar-refractivity contribution is 0.386. The summed E-state index contributed by atoms with van der Waals surface area (Å²) in [6, 6.07) is 7.63. The summed E-state index contributed by atoms with van der Waals surface area (Å²) in [5, 5.41) is 0. The molecule has 2 rings (SSSR count). The first-order valence-electron chi connectivity index (χ1n) is 6.03. The number of para-hydroxylation sites is 1. The van der Waals surface area contributed by atoms with Crippen molar-refractivity contribution in [3.05, 3.63) is 29.8 Å². The Hall–Kier alpha value is -0.740. The van der Waals surface area contributed by atoms with Crippen molar-refractivity contribution in [2.45, 2.75) is 31.1 Å². The van der Waals surface area contributed by atoms with E-state index in [0.717, 1.165) is 37.0 Å². The van der Waals surface area contributed by atoms with Crippen LogP contribution in [0.1, 0.15) is 31.2 Å². The second kappa shape index (κ2) is 5.10. The third-order valence-electron chi connectivity index (χ3n) is 3.69. The predicted octanol–water partition coefficient (Wildman–Crippen LogP) is 3.08. The highest BCUT2D eigenvalue weighted by atomic mass is 35.7. The molecule has 0 aliphatic heterocycles. The van der Waals surface area contributed by atoms with Crippen LogP contribution < -0.4 is 4.74 Å². The molecular formula is C13H17ClO3S. The van der Waals surface area contributed by atoms with Crippen molar-refractivity contribution in [2.75, 3.05) is 12.9 Å². The Labute approximate surface area is 113 Å². The highest BCUT2D eigenvalue weighted by Crippen LogP contribution is 2.45. The van der Waals surface area contributed by atoms with Crippen molar-refractivity contribution in [3.63, 3.8) is 0 Å². The monoisotopic (exact) mass is 288 g/mol. The number of halogens is 1. The Bertz CT molecular complexity index is 519. The lowest BCUT2D eigenvalue weighted by Crippen LogP contribution is -2.30. The topological polar surface area (TPSA) is 43.4 Å². The molecule has 0 unspecified atom stereocenters. The van der Waals surface area contributed by atoms with Crippen LogP contribution in [-0.4, -0.2) is 21.3 Å². The number of rotatable bonds is 4. The Morgan fingerprint density at radius 1 is 1.28 bits per heavy atom. The van der Waals surface area contributed by atoms with Gasteiger partial charge in [0.05, 0.1) is 12.9 Å². The number of hydrogen-bond acceptors (Lipinski definition) is 3. The molecule has 1 aliphatic carbocycles.